The summed E-state index contributed by atoms with van der Waals surface area (Å²) < 4.78 is 7.60. The number of hydrogen-bond donors (Lipinski definition) is 1. The van der Waals surface area contributed by atoms with E-state index in [0.717, 1.165) is 29.8 Å². The van der Waals surface area contributed by atoms with Gasteiger partial charge in [0.25, 0.3) is 0 Å². The molecule has 26 heavy (non-hydrogen) atoms. The Bertz CT molecular complexity index is 860. The molecule has 1 aliphatic rings. The Morgan fingerprint density at radius 1 is 1.23 bits per heavy atom. The van der Waals surface area contributed by atoms with Crippen LogP contribution in [0, 0.1) is 5.92 Å². The maximum Gasteiger partial charge on any atom is 0.228 e. The fraction of sp³-hybridized carbons (Fsp3) is 0.524. The van der Waals surface area contributed by atoms with Gasteiger partial charge in [0.15, 0.2) is 0 Å². The van der Waals surface area contributed by atoms with Crippen LogP contribution < -0.4 is 5.32 Å². The monoisotopic (exact) mass is 352 g/mol. The third kappa shape index (κ3) is 3.54. The Labute approximate surface area is 154 Å². The number of nitrogens with zero attached hydrogens (tertiary/aromatic N) is 3. The Hall–Kier alpha value is -2.14. The molecule has 4 rings (SSSR count). The third-order valence-corrected chi connectivity index (χ3v) is 5.77. The average molecular weight is 352 g/mol. The topological polar surface area (TPSA) is 55.9 Å². The second-order valence-electron chi connectivity index (χ2n) is 7.57. The highest BCUT2D eigenvalue weighted by Crippen LogP contribution is 2.28. The van der Waals surface area contributed by atoms with E-state index in [9.17, 15) is 0 Å². The van der Waals surface area contributed by atoms with Crippen molar-refractivity contribution in [3.8, 4) is 11.4 Å². The van der Waals surface area contributed by atoms with Crippen molar-refractivity contribution < 1.29 is 4.52 Å². The summed E-state index contributed by atoms with van der Waals surface area (Å²) in [7, 11) is 2.05. The van der Waals surface area contributed by atoms with E-state index >= 15 is 0 Å². The quantitative estimate of drug-likeness (QED) is 0.717. The summed E-state index contributed by atoms with van der Waals surface area (Å²) in [6.07, 6.45) is 9.74. The highest BCUT2D eigenvalue weighted by atomic mass is 16.5. The molecule has 0 saturated heterocycles. The zero-order valence-electron chi connectivity index (χ0n) is 15.7. The van der Waals surface area contributed by atoms with Crippen LogP contribution in [0.15, 0.2) is 35.0 Å². The highest BCUT2D eigenvalue weighted by molar-refractivity contribution is 5.94. The molecule has 1 saturated carbocycles. The van der Waals surface area contributed by atoms with Crippen LogP contribution in [0.4, 0.5) is 0 Å². The molecular formula is C21H28N4O. The van der Waals surface area contributed by atoms with Crippen molar-refractivity contribution in [1.82, 2.24) is 20.0 Å². The maximum atomic E-state index is 5.49. The first-order chi connectivity index (χ1) is 12.7. The second-order valence-corrected chi connectivity index (χ2v) is 7.57. The van der Waals surface area contributed by atoms with Gasteiger partial charge in [-0.3, -0.25) is 0 Å². The first kappa shape index (κ1) is 17.3. The van der Waals surface area contributed by atoms with Gasteiger partial charge in [-0.05, 0) is 31.7 Å². The van der Waals surface area contributed by atoms with Gasteiger partial charge < -0.3 is 14.4 Å². The number of nitrogens with one attached hydrogen (secondary N) is 1. The van der Waals surface area contributed by atoms with Crippen molar-refractivity contribution in [2.45, 2.75) is 51.5 Å². The predicted molar refractivity (Wildman–Crippen MR) is 104 cm³/mol. The van der Waals surface area contributed by atoms with Crippen LogP contribution in [0.2, 0.25) is 0 Å². The standard InChI is InChI=1S/C21H28N4O/c1-15(16-8-4-3-5-9-16)22-13-12-20-23-21(24-26-20)18-14-25(2)19-11-7-6-10-17(18)19/h6-7,10-11,14-16,22H,3-5,8-9,12-13H2,1-2H3/t15-/m0/s1. The van der Waals surface area contributed by atoms with Crippen molar-refractivity contribution in [3.63, 3.8) is 0 Å². The fourth-order valence-electron chi connectivity index (χ4n) is 4.19. The average Bonchev–Trinajstić information content (AvgIpc) is 3.27. The lowest BCUT2D eigenvalue weighted by atomic mass is 9.84. The third-order valence-electron chi connectivity index (χ3n) is 5.77. The lowest BCUT2D eigenvalue weighted by Crippen LogP contribution is -2.35. The minimum absolute atomic E-state index is 0.566. The summed E-state index contributed by atoms with van der Waals surface area (Å²) in [6.45, 7) is 3.19. The summed E-state index contributed by atoms with van der Waals surface area (Å²) in [5.74, 6) is 2.20. The maximum absolute atomic E-state index is 5.49. The molecule has 0 bridgehead atoms. The van der Waals surface area contributed by atoms with E-state index in [-0.39, 0.29) is 0 Å². The molecule has 0 spiro atoms. The number of para-hydroxylation sites is 1. The van der Waals surface area contributed by atoms with Crippen molar-refractivity contribution in [3.05, 3.63) is 36.4 Å². The minimum atomic E-state index is 0.566. The Morgan fingerprint density at radius 3 is 2.88 bits per heavy atom. The van der Waals surface area contributed by atoms with Gasteiger partial charge in [0, 0.05) is 48.7 Å². The molecular weight excluding hydrogens is 324 g/mol. The Morgan fingerprint density at radius 2 is 2.04 bits per heavy atom. The summed E-state index contributed by atoms with van der Waals surface area (Å²) >= 11 is 0. The van der Waals surface area contributed by atoms with Crippen molar-refractivity contribution >= 4 is 10.9 Å². The van der Waals surface area contributed by atoms with E-state index in [2.05, 4.69) is 45.3 Å². The largest absolute Gasteiger partial charge is 0.350 e. The van der Waals surface area contributed by atoms with Crippen LogP contribution in [-0.4, -0.2) is 27.3 Å². The van der Waals surface area contributed by atoms with E-state index in [0.29, 0.717) is 17.8 Å². The number of benzene rings is 1. The van der Waals surface area contributed by atoms with Crippen LogP contribution in [0.1, 0.15) is 44.9 Å². The molecule has 138 valence electrons. The molecule has 1 aliphatic carbocycles. The minimum Gasteiger partial charge on any atom is -0.350 e. The molecule has 1 aromatic carbocycles. The number of rotatable bonds is 6. The van der Waals surface area contributed by atoms with Gasteiger partial charge in [-0.1, -0.05) is 42.6 Å². The highest BCUT2D eigenvalue weighted by Gasteiger charge is 2.20. The van der Waals surface area contributed by atoms with Crippen LogP contribution in [0.3, 0.4) is 0 Å². The molecule has 2 aromatic heterocycles. The molecule has 1 fully saturated rings. The van der Waals surface area contributed by atoms with Crippen LogP contribution >= 0.6 is 0 Å². The number of hydrogen-bond acceptors (Lipinski definition) is 4. The molecule has 1 atom stereocenters. The van der Waals surface area contributed by atoms with Gasteiger partial charge >= 0.3 is 0 Å². The van der Waals surface area contributed by atoms with E-state index in [1.165, 1.54) is 37.6 Å². The Balaban J connectivity index is 1.38. The van der Waals surface area contributed by atoms with E-state index in [1.54, 1.807) is 0 Å². The molecule has 0 aliphatic heterocycles. The summed E-state index contributed by atoms with van der Waals surface area (Å²) in [6, 6.07) is 8.87. The Kier molecular flexibility index (Phi) is 5.07. The molecule has 3 aromatic rings. The molecule has 5 heteroatoms. The molecule has 5 nitrogen and oxygen atoms in total. The summed E-state index contributed by atoms with van der Waals surface area (Å²) in [5.41, 5.74) is 2.21. The van der Waals surface area contributed by atoms with Gasteiger partial charge in [0.05, 0.1) is 0 Å². The number of aryl methyl sites for hydroxylation is 1. The summed E-state index contributed by atoms with van der Waals surface area (Å²) in [4.78, 5) is 4.62. The van der Waals surface area contributed by atoms with Crippen molar-refractivity contribution in [2.75, 3.05) is 6.54 Å². The molecule has 1 N–H and O–H groups in total. The predicted octanol–water partition coefficient (Wildman–Crippen LogP) is 4.33. The second kappa shape index (κ2) is 7.62. The van der Waals surface area contributed by atoms with Crippen LogP contribution in [0.25, 0.3) is 22.3 Å². The van der Waals surface area contributed by atoms with Gasteiger partial charge in [-0.15, -0.1) is 0 Å². The molecule has 0 radical (unpaired) electrons. The van der Waals surface area contributed by atoms with E-state index < -0.39 is 0 Å². The zero-order valence-corrected chi connectivity index (χ0v) is 15.7. The lowest BCUT2D eigenvalue weighted by Gasteiger charge is -2.28. The number of fused-ring (bicyclic) bond motifs is 1. The first-order valence-electron chi connectivity index (χ1n) is 9.83. The lowest BCUT2D eigenvalue weighted by molar-refractivity contribution is 0.279. The van der Waals surface area contributed by atoms with E-state index in [1.807, 2.05) is 19.2 Å². The van der Waals surface area contributed by atoms with Gasteiger partial charge in [0.1, 0.15) is 0 Å². The molecule has 0 amide bonds. The molecule has 0 unspecified atom stereocenters. The van der Waals surface area contributed by atoms with Gasteiger partial charge in [-0.2, -0.15) is 4.98 Å². The van der Waals surface area contributed by atoms with Crippen molar-refractivity contribution in [2.24, 2.45) is 13.0 Å². The SMILES string of the molecule is C[C@H](NCCc1nc(-c2cn(C)c3ccccc23)no1)C1CCCCC1. The normalized spacial score (nSPS) is 17.0. The van der Waals surface area contributed by atoms with Gasteiger partial charge in [-0.25, -0.2) is 0 Å². The van der Waals surface area contributed by atoms with Crippen molar-refractivity contribution in [1.29, 1.82) is 0 Å². The van der Waals surface area contributed by atoms with Crippen LogP contribution in [0.5, 0.6) is 0 Å². The first-order valence-corrected chi connectivity index (χ1v) is 9.83. The zero-order chi connectivity index (χ0) is 17.9. The smallest absolute Gasteiger partial charge is 0.228 e. The van der Waals surface area contributed by atoms with Crippen LogP contribution in [-0.2, 0) is 13.5 Å². The summed E-state index contributed by atoms with van der Waals surface area (Å²) in [5, 5.41) is 9.02. The number of aromatic nitrogens is 3. The fourth-order valence-corrected chi connectivity index (χ4v) is 4.19. The van der Waals surface area contributed by atoms with E-state index in [4.69, 9.17) is 4.52 Å². The van der Waals surface area contributed by atoms with Gasteiger partial charge in [0.2, 0.25) is 11.7 Å². The molecule has 2 heterocycles.